The molecule has 2 nitrogen and oxygen atoms in total. The van der Waals surface area contributed by atoms with Gasteiger partial charge in [0.2, 0.25) is 0 Å². The van der Waals surface area contributed by atoms with E-state index in [-0.39, 0.29) is 6.42 Å². The van der Waals surface area contributed by atoms with E-state index in [0.717, 1.165) is 16.7 Å². The van der Waals surface area contributed by atoms with Gasteiger partial charge in [0, 0.05) is 11.4 Å². The van der Waals surface area contributed by atoms with E-state index in [1.807, 2.05) is 26.0 Å². The van der Waals surface area contributed by atoms with Crippen LogP contribution in [0.15, 0.2) is 12.1 Å². The summed E-state index contributed by atoms with van der Waals surface area (Å²) in [6.45, 7) is 3.91. The van der Waals surface area contributed by atoms with Crippen LogP contribution in [0.4, 0.5) is 0 Å². The van der Waals surface area contributed by atoms with Crippen LogP contribution < -0.4 is 0 Å². The first-order valence-corrected chi connectivity index (χ1v) is 4.86. The summed E-state index contributed by atoms with van der Waals surface area (Å²) in [5.74, 6) is -0.777. The van der Waals surface area contributed by atoms with Crippen LogP contribution in [0.25, 0.3) is 0 Å². The standard InChI is InChI=1S/C11H13ClO2/c1-7-5-8(2)10(12)6-9(7)3-4-11(13)14/h5-6H,3-4H2,1-2H3,(H,13,14). The lowest BCUT2D eigenvalue weighted by atomic mass is 10.0. The molecule has 0 bridgehead atoms. The first kappa shape index (κ1) is 11.1. The average Bonchev–Trinajstić information content (AvgIpc) is 2.09. The topological polar surface area (TPSA) is 37.3 Å². The molecule has 14 heavy (non-hydrogen) atoms. The number of rotatable bonds is 3. The molecule has 0 saturated carbocycles. The third kappa shape index (κ3) is 2.74. The van der Waals surface area contributed by atoms with Crippen molar-refractivity contribution in [3.8, 4) is 0 Å². The molecule has 0 fully saturated rings. The van der Waals surface area contributed by atoms with Crippen LogP contribution in [0, 0.1) is 13.8 Å². The second-order valence-corrected chi connectivity index (χ2v) is 3.83. The van der Waals surface area contributed by atoms with Gasteiger partial charge in [-0.05, 0) is 43.0 Å². The normalized spacial score (nSPS) is 10.2. The number of carboxylic acids is 1. The van der Waals surface area contributed by atoms with E-state index >= 15 is 0 Å². The van der Waals surface area contributed by atoms with Crippen molar-refractivity contribution in [2.75, 3.05) is 0 Å². The Hall–Kier alpha value is -1.02. The fraction of sp³-hybridized carbons (Fsp3) is 0.364. The van der Waals surface area contributed by atoms with Gasteiger partial charge in [0.05, 0.1) is 0 Å². The van der Waals surface area contributed by atoms with Crippen LogP contribution in [0.2, 0.25) is 5.02 Å². The predicted octanol–water partition coefficient (Wildman–Crippen LogP) is 2.97. The Balaban J connectivity index is 2.87. The van der Waals surface area contributed by atoms with E-state index in [1.54, 1.807) is 0 Å². The Kier molecular flexibility index (Phi) is 3.53. The average molecular weight is 213 g/mol. The lowest BCUT2D eigenvalue weighted by molar-refractivity contribution is -0.136. The van der Waals surface area contributed by atoms with Gasteiger partial charge in [-0.15, -0.1) is 0 Å². The van der Waals surface area contributed by atoms with Crippen LogP contribution in [-0.4, -0.2) is 11.1 Å². The summed E-state index contributed by atoms with van der Waals surface area (Å²) in [6.07, 6.45) is 0.696. The zero-order chi connectivity index (χ0) is 10.7. The Morgan fingerprint density at radius 3 is 2.57 bits per heavy atom. The van der Waals surface area contributed by atoms with E-state index in [1.165, 1.54) is 0 Å². The summed E-state index contributed by atoms with van der Waals surface area (Å²) in [6, 6.07) is 3.84. The monoisotopic (exact) mass is 212 g/mol. The Labute approximate surface area is 88.5 Å². The van der Waals surface area contributed by atoms with Gasteiger partial charge in [0.25, 0.3) is 0 Å². The van der Waals surface area contributed by atoms with Gasteiger partial charge in [-0.25, -0.2) is 0 Å². The number of hydrogen-bond donors (Lipinski definition) is 1. The lowest BCUT2D eigenvalue weighted by Crippen LogP contribution is -1.99. The van der Waals surface area contributed by atoms with Crippen molar-refractivity contribution in [1.82, 2.24) is 0 Å². The highest BCUT2D eigenvalue weighted by Gasteiger charge is 2.05. The highest BCUT2D eigenvalue weighted by molar-refractivity contribution is 6.31. The molecule has 0 aliphatic rings. The van der Waals surface area contributed by atoms with Crippen molar-refractivity contribution < 1.29 is 9.90 Å². The third-order valence-corrected chi connectivity index (χ3v) is 2.63. The molecule has 0 saturated heterocycles. The molecule has 3 heteroatoms. The molecule has 0 heterocycles. The van der Waals surface area contributed by atoms with E-state index in [9.17, 15) is 4.79 Å². The van der Waals surface area contributed by atoms with Crippen molar-refractivity contribution in [2.45, 2.75) is 26.7 Å². The largest absolute Gasteiger partial charge is 0.481 e. The number of aryl methyl sites for hydroxylation is 3. The molecule has 0 radical (unpaired) electrons. The molecule has 1 aromatic rings. The fourth-order valence-corrected chi connectivity index (χ4v) is 1.56. The minimum Gasteiger partial charge on any atom is -0.481 e. The van der Waals surface area contributed by atoms with E-state index in [4.69, 9.17) is 16.7 Å². The summed E-state index contributed by atoms with van der Waals surface area (Å²) in [7, 11) is 0. The van der Waals surface area contributed by atoms with Crippen molar-refractivity contribution >= 4 is 17.6 Å². The molecular weight excluding hydrogens is 200 g/mol. The maximum absolute atomic E-state index is 10.4. The zero-order valence-corrected chi connectivity index (χ0v) is 9.06. The number of carboxylic acid groups (broad SMARTS) is 1. The highest BCUT2D eigenvalue weighted by Crippen LogP contribution is 2.21. The SMILES string of the molecule is Cc1cc(C)c(CCC(=O)O)cc1Cl. The summed E-state index contributed by atoms with van der Waals surface area (Å²) in [5, 5.41) is 9.26. The molecule has 1 rings (SSSR count). The summed E-state index contributed by atoms with van der Waals surface area (Å²) in [5.41, 5.74) is 3.15. The Morgan fingerprint density at radius 2 is 2.00 bits per heavy atom. The molecule has 0 aliphatic heterocycles. The molecule has 0 amide bonds. The number of carbonyl (C=O) groups is 1. The number of aliphatic carboxylic acids is 1. The second-order valence-electron chi connectivity index (χ2n) is 3.42. The number of halogens is 1. The molecule has 1 aromatic carbocycles. The quantitative estimate of drug-likeness (QED) is 0.837. The molecule has 0 aliphatic carbocycles. The van der Waals surface area contributed by atoms with Crippen molar-refractivity contribution in [1.29, 1.82) is 0 Å². The predicted molar refractivity (Wildman–Crippen MR) is 56.9 cm³/mol. The van der Waals surface area contributed by atoms with Crippen molar-refractivity contribution in [2.24, 2.45) is 0 Å². The van der Waals surface area contributed by atoms with Gasteiger partial charge in [0.15, 0.2) is 0 Å². The van der Waals surface area contributed by atoms with Crippen LogP contribution >= 0.6 is 11.6 Å². The number of hydrogen-bond acceptors (Lipinski definition) is 1. The summed E-state index contributed by atoms with van der Waals surface area (Å²) < 4.78 is 0. The molecule has 0 aromatic heterocycles. The smallest absolute Gasteiger partial charge is 0.303 e. The summed E-state index contributed by atoms with van der Waals surface area (Å²) in [4.78, 5) is 10.4. The van der Waals surface area contributed by atoms with Gasteiger partial charge < -0.3 is 5.11 Å². The minimum atomic E-state index is -0.777. The summed E-state index contributed by atoms with van der Waals surface area (Å²) >= 11 is 5.95. The van der Waals surface area contributed by atoms with Gasteiger partial charge in [-0.3, -0.25) is 4.79 Å². The molecule has 1 N–H and O–H groups in total. The van der Waals surface area contributed by atoms with Gasteiger partial charge >= 0.3 is 5.97 Å². The molecule has 76 valence electrons. The second kappa shape index (κ2) is 4.47. The van der Waals surface area contributed by atoms with Gasteiger partial charge in [0.1, 0.15) is 0 Å². The fourth-order valence-electron chi connectivity index (χ4n) is 1.38. The zero-order valence-electron chi connectivity index (χ0n) is 8.30. The minimum absolute atomic E-state index is 0.153. The Bertz CT molecular complexity index is 359. The van der Waals surface area contributed by atoms with E-state index < -0.39 is 5.97 Å². The van der Waals surface area contributed by atoms with Gasteiger partial charge in [-0.1, -0.05) is 17.7 Å². The first-order valence-electron chi connectivity index (χ1n) is 4.48. The third-order valence-electron chi connectivity index (χ3n) is 2.23. The Morgan fingerprint density at radius 1 is 1.36 bits per heavy atom. The van der Waals surface area contributed by atoms with Crippen LogP contribution in [0.3, 0.4) is 0 Å². The molecular formula is C11H13ClO2. The van der Waals surface area contributed by atoms with Crippen LogP contribution in [-0.2, 0) is 11.2 Å². The maximum atomic E-state index is 10.4. The first-order chi connectivity index (χ1) is 6.50. The van der Waals surface area contributed by atoms with Crippen molar-refractivity contribution in [3.63, 3.8) is 0 Å². The van der Waals surface area contributed by atoms with E-state index in [2.05, 4.69) is 0 Å². The maximum Gasteiger partial charge on any atom is 0.303 e. The van der Waals surface area contributed by atoms with Crippen molar-refractivity contribution in [3.05, 3.63) is 33.8 Å². The molecule has 0 unspecified atom stereocenters. The lowest BCUT2D eigenvalue weighted by Gasteiger charge is -2.07. The van der Waals surface area contributed by atoms with E-state index in [0.29, 0.717) is 11.4 Å². The van der Waals surface area contributed by atoms with Crippen LogP contribution in [0.5, 0.6) is 0 Å². The number of benzene rings is 1. The highest BCUT2D eigenvalue weighted by atomic mass is 35.5. The van der Waals surface area contributed by atoms with Crippen LogP contribution in [0.1, 0.15) is 23.1 Å². The van der Waals surface area contributed by atoms with Gasteiger partial charge in [-0.2, -0.15) is 0 Å². The molecule has 0 spiro atoms. The molecule has 0 atom stereocenters.